The highest BCUT2D eigenvalue weighted by Gasteiger charge is 2.35. The van der Waals surface area contributed by atoms with Crippen molar-refractivity contribution in [3.63, 3.8) is 0 Å². The van der Waals surface area contributed by atoms with Gasteiger partial charge in [0, 0.05) is 11.8 Å². The summed E-state index contributed by atoms with van der Waals surface area (Å²) in [4.78, 5) is 37.3. The fourth-order valence-electron chi connectivity index (χ4n) is 2.27. The van der Waals surface area contributed by atoms with Crippen molar-refractivity contribution in [2.24, 2.45) is 0 Å². The number of nitrogens with zero attached hydrogens (tertiary/aromatic N) is 1. The van der Waals surface area contributed by atoms with E-state index in [0.29, 0.717) is 20.6 Å². The molecule has 0 saturated carbocycles. The fraction of sp³-hybridized carbons (Fsp3) is 0.118. The number of nitrogens with one attached hydrogen (secondary N) is 2. The molecular weight excluding hydrogens is 470 g/mol. The zero-order chi connectivity index (χ0) is 18.8. The van der Waals surface area contributed by atoms with Crippen molar-refractivity contribution in [1.29, 1.82) is 0 Å². The maximum atomic E-state index is 12.4. The number of urea groups is 1. The lowest BCUT2D eigenvalue weighted by molar-refractivity contribution is -0.127. The second kappa shape index (κ2) is 7.46. The van der Waals surface area contributed by atoms with Gasteiger partial charge in [0.05, 0.1) is 4.47 Å². The average Bonchev–Trinajstić information content (AvgIpc) is 3.03. The van der Waals surface area contributed by atoms with Gasteiger partial charge in [-0.1, -0.05) is 17.7 Å². The predicted octanol–water partition coefficient (Wildman–Crippen LogP) is 3.64. The van der Waals surface area contributed by atoms with Gasteiger partial charge in [0.1, 0.15) is 18.0 Å². The summed E-state index contributed by atoms with van der Waals surface area (Å²) in [6.45, 7) is 1.55. The monoisotopic (exact) mass is 481 g/mol. The van der Waals surface area contributed by atoms with Gasteiger partial charge in [-0.05, 0) is 57.0 Å². The Balaban J connectivity index is 1.68. The summed E-state index contributed by atoms with van der Waals surface area (Å²) in [5, 5.41) is 5.08. The molecule has 1 aliphatic rings. The summed E-state index contributed by atoms with van der Waals surface area (Å²) in [7, 11) is 0. The van der Waals surface area contributed by atoms with E-state index in [1.165, 1.54) is 6.08 Å². The Kier molecular flexibility index (Phi) is 5.28. The topological polar surface area (TPSA) is 91.7 Å². The first-order chi connectivity index (χ1) is 12.3. The van der Waals surface area contributed by atoms with Gasteiger partial charge < -0.3 is 15.1 Å². The molecule has 1 saturated heterocycles. The Morgan fingerprint density at radius 1 is 1.27 bits per heavy atom. The molecule has 1 aromatic carbocycles. The SMILES string of the molecule is Cc1ccc(NC(=O)CN2C(=O)N/C(=C\c3cc(Br)c(Br)o3)C2=O)cc1. The van der Waals surface area contributed by atoms with Crippen LogP contribution in [-0.2, 0) is 9.59 Å². The van der Waals surface area contributed by atoms with Gasteiger partial charge in [0.15, 0.2) is 4.67 Å². The summed E-state index contributed by atoms with van der Waals surface area (Å²) in [5.74, 6) is -0.696. The van der Waals surface area contributed by atoms with E-state index in [2.05, 4.69) is 42.5 Å². The number of imide groups is 1. The van der Waals surface area contributed by atoms with Crippen molar-refractivity contribution in [2.75, 3.05) is 11.9 Å². The number of aryl methyl sites for hydroxylation is 1. The van der Waals surface area contributed by atoms with Gasteiger partial charge >= 0.3 is 6.03 Å². The first-order valence-electron chi connectivity index (χ1n) is 7.49. The van der Waals surface area contributed by atoms with Gasteiger partial charge in [0.2, 0.25) is 5.91 Å². The molecule has 26 heavy (non-hydrogen) atoms. The van der Waals surface area contributed by atoms with E-state index < -0.39 is 17.8 Å². The van der Waals surface area contributed by atoms with Crippen molar-refractivity contribution >= 4 is 61.5 Å². The lowest BCUT2D eigenvalue weighted by atomic mass is 10.2. The lowest BCUT2D eigenvalue weighted by Gasteiger charge is -2.12. The Hall–Kier alpha value is -2.39. The van der Waals surface area contributed by atoms with Gasteiger partial charge in [0.25, 0.3) is 5.91 Å². The molecule has 0 unspecified atom stereocenters. The predicted molar refractivity (Wildman–Crippen MR) is 102 cm³/mol. The molecule has 0 atom stereocenters. The van der Waals surface area contributed by atoms with Crippen LogP contribution in [0.4, 0.5) is 10.5 Å². The molecule has 1 aliphatic heterocycles. The van der Waals surface area contributed by atoms with E-state index in [1.54, 1.807) is 18.2 Å². The maximum Gasteiger partial charge on any atom is 0.329 e. The van der Waals surface area contributed by atoms with Crippen LogP contribution >= 0.6 is 31.9 Å². The molecule has 134 valence electrons. The Morgan fingerprint density at radius 3 is 2.58 bits per heavy atom. The molecule has 0 aliphatic carbocycles. The highest BCUT2D eigenvalue weighted by molar-refractivity contribution is 9.13. The number of amides is 4. The second-order valence-electron chi connectivity index (χ2n) is 5.56. The van der Waals surface area contributed by atoms with E-state index in [9.17, 15) is 14.4 Å². The second-order valence-corrected chi connectivity index (χ2v) is 7.14. The normalized spacial score (nSPS) is 15.5. The van der Waals surface area contributed by atoms with Crippen LogP contribution in [0, 0.1) is 6.92 Å². The largest absolute Gasteiger partial charge is 0.449 e. The van der Waals surface area contributed by atoms with Gasteiger partial charge in [-0.3, -0.25) is 9.59 Å². The van der Waals surface area contributed by atoms with Crippen molar-refractivity contribution in [1.82, 2.24) is 10.2 Å². The minimum atomic E-state index is -0.662. The quantitative estimate of drug-likeness (QED) is 0.514. The number of carbonyl (C=O) groups is 3. The molecule has 0 spiro atoms. The third-order valence-electron chi connectivity index (χ3n) is 3.55. The fourth-order valence-corrected chi connectivity index (χ4v) is 2.88. The van der Waals surface area contributed by atoms with E-state index >= 15 is 0 Å². The van der Waals surface area contributed by atoms with Crippen molar-refractivity contribution in [3.05, 3.63) is 56.5 Å². The van der Waals surface area contributed by atoms with Crippen LogP contribution in [0.1, 0.15) is 11.3 Å². The molecule has 2 heterocycles. The molecule has 2 N–H and O–H groups in total. The first-order valence-corrected chi connectivity index (χ1v) is 9.08. The van der Waals surface area contributed by atoms with Gasteiger partial charge in [-0.25, -0.2) is 9.69 Å². The number of hydrogen-bond donors (Lipinski definition) is 2. The van der Waals surface area contributed by atoms with Crippen LogP contribution < -0.4 is 10.6 Å². The molecule has 3 rings (SSSR count). The minimum Gasteiger partial charge on any atom is -0.449 e. The molecule has 9 heteroatoms. The third kappa shape index (κ3) is 4.05. The summed E-state index contributed by atoms with van der Waals surface area (Å²) in [6, 6.07) is 8.18. The molecule has 2 aromatic rings. The summed E-state index contributed by atoms with van der Waals surface area (Å²) in [5.41, 5.74) is 1.68. The summed E-state index contributed by atoms with van der Waals surface area (Å²) < 4.78 is 6.50. The molecule has 1 aromatic heterocycles. The Labute approximate surface area is 165 Å². The van der Waals surface area contributed by atoms with Crippen LogP contribution in [0.15, 0.2) is 49.6 Å². The highest BCUT2D eigenvalue weighted by atomic mass is 79.9. The summed E-state index contributed by atoms with van der Waals surface area (Å²) in [6.07, 6.45) is 1.40. The Bertz CT molecular complexity index is 899. The number of anilines is 1. The van der Waals surface area contributed by atoms with Crippen molar-refractivity contribution in [2.45, 2.75) is 6.92 Å². The average molecular weight is 483 g/mol. The van der Waals surface area contributed by atoms with Gasteiger partial charge in [-0.15, -0.1) is 0 Å². The van der Waals surface area contributed by atoms with Crippen molar-refractivity contribution in [3.8, 4) is 0 Å². The zero-order valence-electron chi connectivity index (χ0n) is 13.5. The van der Waals surface area contributed by atoms with Gasteiger partial charge in [-0.2, -0.15) is 0 Å². The van der Waals surface area contributed by atoms with E-state index in [1.807, 2.05) is 19.1 Å². The van der Waals surface area contributed by atoms with E-state index in [4.69, 9.17) is 4.42 Å². The minimum absolute atomic E-state index is 0.0342. The third-order valence-corrected chi connectivity index (χ3v) is 5.26. The highest BCUT2D eigenvalue weighted by Crippen LogP contribution is 2.28. The molecule has 1 fully saturated rings. The Morgan fingerprint density at radius 2 is 1.96 bits per heavy atom. The molecular formula is C17H13Br2N3O4. The van der Waals surface area contributed by atoms with Crippen LogP contribution in [-0.4, -0.2) is 29.3 Å². The summed E-state index contributed by atoms with van der Waals surface area (Å²) >= 11 is 6.46. The number of furan rings is 1. The van der Waals surface area contributed by atoms with Crippen LogP contribution in [0.2, 0.25) is 0 Å². The number of halogens is 2. The standard InChI is InChI=1S/C17H13Br2N3O4/c1-9-2-4-10(5-3-9)20-14(23)8-22-16(24)13(21-17(22)25)7-11-6-12(18)15(19)26-11/h2-7H,8H2,1H3,(H,20,23)(H,21,25)/b13-7-. The number of hydrogen-bond acceptors (Lipinski definition) is 4. The van der Waals surface area contributed by atoms with Crippen molar-refractivity contribution < 1.29 is 18.8 Å². The molecule has 0 bridgehead atoms. The number of benzene rings is 1. The van der Waals surface area contributed by atoms with Crippen LogP contribution in [0.25, 0.3) is 6.08 Å². The first kappa shape index (κ1) is 18.4. The number of rotatable bonds is 4. The van der Waals surface area contributed by atoms with Crippen LogP contribution in [0.5, 0.6) is 0 Å². The molecule has 0 radical (unpaired) electrons. The van der Waals surface area contributed by atoms with E-state index in [-0.39, 0.29) is 12.2 Å². The lowest BCUT2D eigenvalue weighted by Crippen LogP contribution is -2.38. The maximum absolute atomic E-state index is 12.4. The molecule has 4 amide bonds. The number of carbonyl (C=O) groups excluding carboxylic acids is 3. The zero-order valence-corrected chi connectivity index (χ0v) is 16.7. The van der Waals surface area contributed by atoms with E-state index in [0.717, 1.165) is 10.5 Å². The smallest absolute Gasteiger partial charge is 0.329 e. The van der Waals surface area contributed by atoms with Crippen LogP contribution in [0.3, 0.4) is 0 Å². The molecule has 7 nitrogen and oxygen atoms in total.